The molecule has 0 bridgehead atoms. The van der Waals surface area contributed by atoms with Crippen LogP contribution in [-0.4, -0.2) is 30.2 Å². The Labute approximate surface area is 80.5 Å². The summed E-state index contributed by atoms with van der Waals surface area (Å²) >= 11 is 0. The summed E-state index contributed by atoms with van der Waals surface area (Å²) in [4.78, 5) is 4.40. The van der Waals surface area contributed by atoms with E-state index in [9.17, 15) is 0 Å². The van der Waals surface area contributed by atoms with Gasteiger partial charge in [0.2, 0.25) is 5.90 Å². The van der Waals surface area contributed by atoms with E-state index in [2.05, 4.69) is 18.8 Å². The molecule has 13 heavy (non-hydrogen) atoms. The van der Waals surface area contributed by atoms with Gasteiger partial charge >= 0.3 is 0 Å². The molecule has 2 atom stereocenters. The van der Waals surface area contributed by atoms with Crippen LogP contribution in [0, 0.1) is 5.92 Å². The number of ether oxygens (including phenoxy) is 2. The number of rotatable bonds is 2. The Morgan fingerprint density at radius 3 is 2.62 bits per heavy atom. The summed E-state index contributed by atoms with van der Waals surface area (Å²) in [6.07, 6.45) is -1.03. The van der Waals surface area contributed by atoms with Crippen molar-refractivity contribution in [3.63, 3.8) is 0 Å². The van der Waals surface area contributed by atoms with E-state index in [1.54, 1.807) is 0 Å². The summed E-state index contributed by atoms with van der Waals surface area (Å²) in [6, 6.07) is 0.187. The molecule has 0 aromatic heterocycles. The summed E-state index contributed by atoms with van der Waals surface area (Å²) in [6.45, 7) is 8.57. The average molecular weight is 184 g/mol. The fraction of sp³-hybridized carbons (Fsp3) is 0.900. The fourth-order valence-electron chi connectivity index (χ4n) is 1.39. The first-order valence-corrected chi connectivity index (χ1v) is 4.78. The van der Waals surface area contributed by atoms with E-state index in [-0.39, 0.29) is 6.04 Å². The van der Waals surface area contributed by atoms with Gasteiger partial charge in [0, 0.05) is 0 Å². The van der Waals surface area contributed by atoms with E-state index in [0.29, 0.717) is 18.4 Å². The third kappa shape index (κ3) is 1.57. The third-order valence-electron chi connectivity index (χ3n) is 2.50. The minimum Gasteiger partial charge on any atom is -0.477 e. The third-order valence-corrected chi connectivity index (χ3v) is 2.50. The molecule has 0 spiro atoms. The van der Waals surface area contributed by atoms with E-state index in [4.69, 9.17) is 10.8 Å². The van der Waals surface area contributed by atoms with Crippen molar-refractivity contribution in [1.29, 1.82) is 0 Å². The molecule has 3 heteroatoms. The Morgan fingerprint density at radius 2 is 2.23 bits per heavy atom. The Kier molecular flexibility index (Phi) is 1.62. The van der Waals surface area contributed by atoms with Gasteiger partial charge in [0.05, 0.1) is 13.0 Å². The Balaban J connectivity index is 2.12. The second kappa shape index (κ2) is 2.71. The molecule has 1 fully saturated rings. The summed E-state index contributed by atoms with van der Waals surface area (Å²) in [5.41, 5.74) is -0.447. The average Bonchev–Trinajstić information content (AvgIpc) is 2.53. The standard InChI is InChI=1S/C10H17NO2/c1-6(2)7-5-12-9(11-7)8-10(3,4)13-8/h6-8H,5H2,1-4H3/t7-,8+/m1/s1/i8D. The van der Waals surface area contributed by atoms with E-state index < -0.39 is 11.7 Å². The normalized spacial score (nSPS) is 42.7. The van der Waals surface area contributed by atoms with Crippen molar-refractivity contribution in [2.24, 2.45) is 10.9 Å². The molecular weight excluding hydrogens is 166 g/mol. The first-order chi connectivity index (χ1) is 6.37. The molecule has 0 aliphatic carbocycles. The lowest BCUT2D eigenvalue weighted by atomic mass is 10.1. The second-order valence-corrected chi connectivity index (χ2v) is 4.50. The van der Waals surface area contributed by atoms with Crippen molar-refractivity contribution in [2.45, 2.75) is 45.4 Å². The van der Waals surface area contributed by atoms with E-state index in [1.807, 2.05) is 13.8 Å². The van der Waals surface area contributed by atoms with Crippen LogP contribution < -0.4 is 0 Å². The lowest BCUT2D eigenvalue weighted by molar-refractivity contribution is 0.275. The summed E-state index contributed by atoms with van der Waals surface area (Å²) in [7, 11) is 0. The van der Waals surface area contributed by atoms with Crippen LogP contribution in [0.1, 0.15) is 29.1 Å². The van der Waals surface area contributed by atoms with Crippen molar-refractivity contribution in [3.8, 4) is 0 Å². The minimum absolute atomic E-state index is 0.187. The number of epoxide rings is 1. The lowest BCUT2D eigenvalue weighted by Gasteiger charge is -2.06. The predicted octanol–water partition coefficient (Wildman–Crippen LogP) is 1.62. The zero-order valence-corrected chi connectivity index (χ0v) is 8.63. The maximum absolute atomic E-state index is 8.00. The fourth-order valence-corrected chi connectivity index (χ4v) is 1.39. The molecule has 0 saturated carbocycles. The molecular formula is C10H17NO2. The largest absolute Gasteiger partial charge is 0.477 e. The maximum atomic E-state index is 8.00. The topological polar surface area (TPSA) is 34.1 Å². The smallest absolute Gasteiger partial charge is 0.216 e. The molecule has 0 amide bonds. The highest BCUT2D eigenvalue weighted by Crippen LogP contribution is 2.38. The van der Waals surface area contributed by atoms with Crippen molar-refractivity contribution >= 4 is 5.90 Å². The monoisotopic (exact) mass is 184 g/mol. The first-order valence-electron chi connectivity index (χ1n) is 5.28. The van der Waals surface area contributed by atoms with Crippen LogP contribution >= 0.6 is 0 Å². The number of aliphatic imine (C=N–C) groups is 1. The van der Waals surface area contributed by atoms with E-state index >= 15 is 0 Å². The Morgan fingerprint density at radius 1 is 1.62 bits per heavy atom. The van der Waals surface area contributed by atoms with Crippen LogP contribution in [0.3, 0.4) is 0 Å². The van der Waals surface area contributed by atoms with Gasteiger partial charge in [0.25, 0.3) is 0 Å². The van der Waals surface area contributed by atoms with Crippen molar-refractivity contribution in [2.75, 3.05) is 6.61 Å². The molecule has 0 aromatic carbocycles. The van der Waals surface area contributed by atoms with Gasteiger partial charge in [0.15, 0.2) is 6.08 Å². The van der Waals surface area contributed by atoms with Crippen LogP contribution in [0.25, 0.3) is 0 Å². The van der Waals surface area contributed by atoms with Gasteiger partial charge in [-0.05, 0) is 19.8 Å². The molecule has 2 rings (SSSR count). The van der Waals surface area contributed by atoms with Gasteiger partial charge < -0.3 is 9.47 Å². The van der Waals surface area contributed by atoms with Gasteiger partial charge in [-0.3, -0.25) is 0 Å². The quantitative estimate of drug-likeness (QED) is 0.611. The molecule has 0 unspecified atom stereocenters. The van der Waals surface area contributed by atoms with Crippen LogP contribution in [0.2, 0.25) is 0 Å². The lowest BCUT2D eigenvalue weighted by Crippen LogP contribution is -2.15. The van der Waals surface area contributed by atoms with Gasteiger partial charge in [-0.15, -0.1) is 0 Å². The molecule has 0 N–H and O–H groups in total. The first kappa shape index (κ1) is 7.80. The number of hydrogen-bond donors (Lipinski definition) is 0. The summed E-state index contributed by atoms with van der Waals surface area (Å²) in [5, 5.41) is 0. The van der Waals surface area contributed by atoms with E-state index in [1.165, 1.54) is 0 Å². The van der Waals surface area contributed by atoms with Crippen molar-refractivity contribution < 1.29 is 10.8 Å². The van der Waals surface area contributed by atoms with Gasteiger partial charge in [0.1, 0.15) is 6.61 Å². The Hall–Kier alpha value is -0.570. The highest BCUT2D eigenvalue weighted by molar-refractivity contribution is 5.86. The van der Waals surface area contributed by atoms with Gasteiger partial charge in [-0.25, -0.2) is 4.99 Å². The SMILES string of the molecule is [2H][C@@]1(C2=N[C@@H](C(C)C)CO2)OC1(C)C. The van der Waals surface area contributed by atoms with Crippen LogP contribution in [-0.2, 0) is 9.47 Å². The van der Waals surface area contributed by atoms with Crippen LogP contribution in [0.5, 0.6) is 0 Å². The second-order valence-electron chi connectivity index (χ2n) is 4.50. The van der Waals surface area contributed by atoms with Crippen molar-refractivity contribution in [1.82, 2.24) is 0 Å². The molecule has 0 aromatic rings. The van der Waals surface area contributed by atoms with Gasteiger partial charge in [-0.1, -0.05) is 13.8 Å². The zero-order chi connectivity index (χ0) is 10.6. The molecule has 74 valence electrons. The number of hydrogen-bond acceptors (Lipinski definition) is 3. The van der Waals surface area contributed by atoms with Crippen molar-refractivity contribution in [3.05, 3.63) is 0 Å². The number of nitrogens with zero attached hydrogens (tertiary/aromatic N) is 1. The Bertz CT molecular complexity index is 288. The van der Waals surface area contributed by atoms with Crippen LogP contribution in [0.15, 0.2) is 4.99 Å². The highest BCUT2D eigenvalue weighted by Gasteiger charge is 2.53. The summed E-state index contributed by atoms with van der Waals surface area (Å²) < 4.78 is 18.7. The molecule has 1 saturated heterocycles. The molecule has 3 nitrogen and oxygen atoms in total. The van der Waals surface area contributed by atoms with Gasteiger partial charge in [-0.2, -0.15) is 0 Å². The molecule has 2 heterocycles. The zero-order valence-electron chi connectivity index (χ0n) is 9.63. The minimum atomic E-state index is -1.03. The van der Waals surface area contributed by atoms with E-state index in [0.717, 1.165) is 0 Å². The maximum Gasteiger partial charge on any atom is 0.216 e. The van der Waals surface area contributed by atoms with Crippen LogP contribution in [0.4, 0.5) is 0 Å². The summed E-state index contributed by atoms with van der Waals surface area (Å²) in [5.74, 6) is 0.916. The predicted molar refractivity (Wildman–Crippen MR) is 51.0 cm³/mol. The molecule has 0 radical (unpaired) electrons. The molecule has 2 aliphatic rings. The highest BCUT2D eigenvalue weighted by atomic mass is 16.6. The molecule has 2 aliphatic heterocycles.